The molecule has 1 aliphatic rings. The number of hydrogen-bond donors (Lipinski definition) is 1. The Kier molecular flexibility index (Phi) is 3.31. The molecular formula is C16H25N. The van der Waals surface area contributed by atoms with Gasteiger partial charge in [-0.15, -0.1) is 0 Å². The molecule has 0 radical (unpaired) electrons. The Labute approximate surface area is 105 Å². The molecule has 0 saturated heterocycles. The van der Waals surface area contributed by atoms with Gasteiger partial charge in [0.05, 0.1) is 0 Å². The standard InChI is InChI=1S/C16H25N/c1-15(2,3)11-12-16(17)10-6-8-13-7-4-5-9-14(13)16/h4-5,7,9H,6,8,10-12,17H2,1-3H3. The maximum atomic E-state index is 6.68. The fourth-order valence-electron chi connectivity index (χ4n) is 2.81. The molecule has 0 saturated carbocycles. The van der Waals surface area contributed by atoms with Crippen molar-refractivity contribution in [2.75, 3.05) is 0 Å². The maximum absolute atomic E-state index is 6.68. The summed E-state index contributed by atoms with van der Waals surface area (Å²) < 4.78 is 0. The minimum atomic E-state index is -0.0812. The molecule has 94 valence electrons. The van der Waals surface area contributed by atoms with Gasteiger partial charge in [-0.05, 0) is 48.6 Å². The van der Waals surface area contributed by atoms with Gasteiger partial charge in [0.1, 0.15) is 0 Å². The second kappa shape index (κ2) is 4.45. The van der Waals surface area contributed by atoms with Crippen molar-refractivity contribution in [3.05, 3.63) is 35.4 Å². The van der Waals surface area contributed by atoms with Crippen LogP contribution in [-0.2, 0) is 12.0 Å². The number of fused-ring (bicyclic) bond motifs is 1. The van der Waals surface area contributed by atoms with E-state index in [1.165, 1.54) is 30.4 Å². The Morgan fingerprint density at radius 3 is 2.65 bits per heavy atom. The zero-order valence-electron chi connectivity index (χ0n) is 11.4. The van der Waals surface area contributed by atoms with Crippen LogP contribution in [0.25, 0.3) is 0 Å². The largest absolute Gasteiger partial charge is 0.321 e. The normalized spacial score (nSPS) is 24.5. The van der Waals surface area contributed by atoms with E-state index in [-0.39, 0.29) is 5.54 Å². The summed E-state index contributed by atoms with van der Waals surface area (Å²) in [6.07, 6.45) is 5.87. The summed E-state index contributed by atoms with van der Waals surface area (Å²) >= 11 is 0. The first-order chi connectivity index (χ1) is 7.91. The minimum absolute atomic E-state index is 0.0812. The molecule has 0 bridgehead atoms. The van der Waals surface area contributed by atoms with E-state index >= 15 is 0 Å². The summed E-state index contributed by atoms with van der Waals surface area (Å²) in [4.78, 5) is 0. The van der Waals surface area contributed by atoms with E-state index in [9.17, 15) is 0 Å². The Morgan fingerprint density at radius 2 is 1.94 bits per heavy atom. The van der Waals surface area contributed by atoms with Crippen molar-refractivity contribution < 1.29 is 0 Å². The molecule has 1 aromatic carbocycles. The molecule has 0 aliphatic heterocycles. The van der Waals surface area contributed by atoms with E-state index in [1.54, 1.807) is 0 Å². The van der Waals surface area contributed by atoms with Crippen LogP contribution in [0.1, 0.15) is 57.6 Å². The minimum Gasteiger partial charge on any atom is -0.321 e. The highest BCUT2D eigenvalue weighted by molar-refractivity contribution is 5.35. The van der Waals surface area contributed by atoms with Gasteiger partial charge >= 0.3 is 0 Å². The Bertz CT molecular complexity index is 389. The number of rotatable bonds is 2. The van der Waals surface area contributed by atoms with Crippen molar-refractivity contribution in [3.63, 3.8) is 0 Å². The van der Waals surface area contributed by atoms with Crippen LogP contribution >= 0.6 is 0 Å². The molecule has 0 heterocycles. The zero-order valence-corrected chi connectivity index (χ0v) is 11.4. The summed E-state index contributed by atoms with van der Waals surface area (Å²) in [5.41, 5.74) is 9.84. The highest BCUT2D eigenvalue weighted by Crippen LogP contribution is 2.38. The summed E-state index contributed by atoms with van der Waals surface area (Å²) in [6, 6.07) is 8.74. The summed E-state index contributed by atoms with van der Waals surface area (Å²) in [5, 5.41) is 0. The molecule has 1 aliphatic carbocycles. The summed E-state index contributed by atoms with van der Waals surface area (Å²) in [6.45, 7) is 6.89. The zero-order chi connectivity index (χ0) is 12.5. The second-order valence-electron chi connectivity index (χ2n) is 6.73. The molecule has 1 atom stereocenters. The summed E-state index contributed by atoms with van der Waals surface area (Å²) in [5.74, 6) is 0. The van der Waals surface area contributed by atoms with Crippen LogP contribution < -0.4 is 5.73 Å². The molecule has 1 unspecified atom stereocenters. The van der Waals surface area contributed by atoms with Crippen LogP contribution in [0.3, 0.4) is 0 Å². The lowest BCUT2D eigenvalue weighted by atomic mass is 9.72. The van der Waals surface area contributed by atoms with Gasteiger partial charge in [0.15, 0.2) is 0 Å². The van der Waals surface area contributed by atoms with Crippen molar-refractivity contribution in [2.45, 2.75) is 58.4 Å². The van der Waals surface area contributed by atoms with E-state index in [0.29, 0.717) is 5.41 Å². The first-order valence-electron chi connectivity index (χ1n) is 6.78. The molecule has 1 aromatic rings. The fraction of sp³-hybridized carbons (Fsp3) is 0.625. The quantitative estimate of drug-likeness (QED) is 0.818. The van der Waals surface area contributed by atoms with Crippen LogP contribution in [0.15, 0.2) is 24.3 Å². The van der Waals surface area contributed by atoms with Crippen LogP contribution in [-0.4, -0.2) is 0 Å². The van der Waals surface area contributed by atoms with E-state index in [2.05, 4.69) is 45.0 Å². The number of nitrogens with two attached hydrogens (primary N) is 1. The molecule has 17 heavy (non-hydrogen) atoms. The Hall–Kier alpha value is -0.820. The molecule has 1 heteroatoms. The molecule has 0 spiro atoms. The van der Waals surface area contributed by atoms with E-state index < -0.39 is 0 Å². The van der Waals surface area contributed by atoms with Gasteiger partial charge in [-0.1, -0.05) is 45.0 Å². The van der Waals surface area contributed by atoms with Gasteiger partial charge in [-0.2, -0.15) is 0 Å². The van der Waals surface area contributed by atoms with Crippen LogP contribution in [0.4, 0.5) is 0 Å². The van der Waals surface area contributed by atoms with Crippen molar-refractivity contribution >= 4 is 0 Å². The van der Waals surface area contributed by atoms with E-state index in [1.807, 2.05) is 0 Å². The molecule has 0 aromatic heterocycles. The van der Waals surface area contributed by atoms with E-state index in [4.69, 9.17) is 5.73 Å². The van der Waals surface area contributed by atoms with Gasteiger partial charge in [0.2, 0.25) is 0 Å². The predicted octanol–water partition coefficient (Wildman–Crippen LogP) is 4.00. The lowest BCUT2D eigenvalue weighted by Crippen LogP contribution is -2.40. The van der Waals surface area contributed by atoms with Crippen LogP contribution in [0.2, 0.25) is 0 Å². The highest BCUT2D eigenvalue weighted by Gasteiger charge is 2.33. The van der Waals surface area contributed by atoms with Crippen molar-refractivity contribution in [1.82, 2.24) is 0 Å². The smallest absolute Gasteiger partial charge is 0.0412 e. The SMILES string of the molecule is CC(C)(C)CCC1(N)CCCc2ccccc21. The van der Waals surface area contributed by atoms with Crippen molar-refractivity contribution in [3.8, 4) is 0 Å². The van der Waals surface area contributed by atoms with Crippen molar-refractivity contribution in [2.24, 2.45) is 11.1 Å². The van der Waals surface area contributed by atoms with Crippen LogP contribution in [0, 0.1) is 5.41 Å². The Balaban J connectivity index is 2.21. The van der Waals surface area contributed by atoms with Gasteiger partial charge < -0.3 is 5.73 Å². The third kappa shape index (κ3) is 2.90. The summed E-state index contributed by atoms with van der Waals surface area (Å²) in [7, 11) is 0. The van der Waals surface area contributed by atoms with Gasteiger partial charge in [-0.3, -0.25) is 0 Å². The molecule has 2 N–H and O–H groups in total. The molecule has 0 amide bonds. The van der Waals surface area contributed by atoms with Gasteiger partial charge in [0.25, 0.3) is 0 Å². The first-order valence-corrected chi connectivity index (χ1v) is 6.78. The van der Waals surface area contributed by atoms with Crippen LogP contribution in [0.5, 0.6) is 0 Å². The monoisotopic (exact) mass is 231 g/mol. The highest BCUT2D eigenvalue weighted by atomic mass is 14.7. The second-order valence-corrected chi connectivity index (χ2v) is 6.73. The third-order valence-corrected chi connectivity index (χ3v) is 3.94. The third-order valence-electron chi connectivity index (χ3n) is 3.94. The lowest BCUT2D eigenvalue weighted by Gasteiger charge is -2.37. The first kappa shape index (κ1) is 12.6. The number of hydrogen-bond acceptors (Lipinski definition) is 1. The maximum Gasteiger partial charge on any atom is 0.0412 e. The number of aryl methyl sites for hydroxylation is 1. The topological polar surface area (TPSA) is 26.0 Å². The van der Waals surface area contributed by atoms with Gasteiger partial charge in [0, 0.05) is 5.54 Å². The molecule has 0 fully saturated rings. The van der Waals surface area contributed by atoms with Crippen molar-refractivity contribution in [1.29, 1.82) is 0 Å². The van der Waals surface area contributed by atoms with E-state index in [0.717, 1.165) is 12.8 Å². The molecule has 2 rings (SSSR count). The average molecular weight is 231 g/mol. The molecular weight excluding hydrogens is 206 g/mol. The molecule has 1 nitrogen and oxygen atoms in total. The Morgan fingerprint density at radius 1 is 1.24 bits per heavy atom. The lowest BCUT2D eigenvalue weighted by molar-refractivity contribution is 0.269. The average Bonchev–Trinajstić information content (AvgIpc) is 2.27. The van der Waals surface area contributed by atoms with Gasteiger partial charge in [-0.25, -0.2) is 0 Å². The number of benzene rings is 1. The predicted molar refractivity (Wildman–Crippen MR) is 73.9 cm³/mol. The fourth-order valence-corrected chi connectivity index (χ4v) is 2.81.